The molecule has 0 spiro atoms. The molecule has 86 valence electrons. The Kier molecular flexibility index (Phi) is 5.62. The molecule has 0 N–H and O–H groups in total. The van der Waals surface area contributed by atoms with Crippen LogP contribution in [0.5, 0.6) is 0 Å². The summed E-state index contributed by atoms with van der Waals surface area (Å²) in [5.74, 6) is 0. The molecule has 0 bridgehead atoms. The van der Waals surface area contributed by atoms with Crippen LogP contribution in [0.15, 0.2) is 30.9 Å². The highest BCUT2D eigenvalue weighted by Crippen LogP contribution is 2.28. The SMILES string of the molecule is C=CCN(C(=S)SC)c1ccc(Cl)c(Cl)c1. The maximum atomic E-state index is 5.97. The quantitative estimate of drug-likeness (QED) is 0.590. The maximum absolute atomic E-state index is 5.97. The van der Waals surface area contributed by atoms with Gasteiger partial charge in [-0.1, -0.05) is 41.5 Å². The number of thioether (sulfide) groups is 1. The molecular formula is C11H11Cl2NS2. The summed E-state index contributed by atoms with van der Waals surface area (Å²) >= 11 is 18.6. The van der Waals surface area contributed by atoms with E-state index in [1.165, 1.54) is 11.8 Å². The van der Waals surface area contributed by atoms with Crippen molar-refractivity contribution in [3.8, 4) is 0 Å². The van der Waals surface area contributed by atoms with E-state index in [1.54, 1.807) is 18.2 Å². The van der Waals surface area contributed by atoms with E-state index < -0.39 is 0 Å². The number of benzene rings is 1. The molecule has 16 heavy (non-hydrogen) atoms. The van der Waals surface area contributed by atoms with Crippen molar-refractivity contribution in [3.05, 3.63) is 40.9 Å². The second kappa shape index (κ2) is 6.50. The van der Waals surface area contributed by atoms with Crippen molar-refractivity contribution in [3.63, 3.8) is 0 Å². The highest BCUT2D eigenvalue weighted by molar-refractivity contribution is 8.22. The van der Waals surface area contributed by atoms with Crippen molar-refractivity contribution >= 4 is 57.2 Å². The Morgan fingerprint density at radius 1 is 1.50 bits per heavy atom. The molecule has 0 aliphatic carbocycles. The van der Waals surface area contributed by atoms with Gasteiger partial charge in [0.05, 0.1) is 10.0 Å². The summed E-state index contributed by atoms with van der Waals surface area (Å²) in [5, 5.41) is 1.07. The summed E-state index contributed by atoms with van der Waals surface area (Å²) in [6, 6.07) is 5.45. The van der Waals surface area contributed by atoms with Crippen LogP contribution in [0.3, 0.4) is 0 Å². The van der Waals surface area contributed by atoms with Gasteiger partial charge in [0.15, 0.2) is 0 Å². The van der Waals surface area contributed by atoms with Crippen molar-refractivity contribution in [1.29, 1.82) is 0 Å². The van der Waals surface area contributed by atoms with Crippen LogP contribution in [-0.4, -0.2) is 17.1 Å². The van der Waals surface area contributed by atoms with Crippen LogP contribution < -0.4 is 4.90 Å². The molecule has 1 aromatic rings. The van der Waals surface area contributed by atoms with Crippen LogP contribution in [0.25, 0.3) is 0 Å². The van der Waals surface area contributed by atoms with Gasteiger partial charge in [0.25, 0.3) is 0 Å². The zero-order chi connectivity index (χ0) is 12.1. The third-order valence-electron chi connectivity index (χ3n) is 1.92. The predicted octanol–water partition coefficient (Wildman–Crippen LogP) is 4.63. The van der Waals surface area contributed by atoms with Crippen molar-refractivity contribution in [2.24, 2.45) is 0 Å². The number of nitrogens with zero attached hydrogens (tertiary/aromatic N) is 1. The molecule has 5 heteroatoms. The number of hydrogen-bond donors (Lipinski definition) is 0. The van der Waals surface area contributed by atoms with Crippen molar-refractivity contribution in [1.82, 2.24) is 0 Å². The summed E-state index contributed by atoms with van der Waals surface area (Å²) in [4.78, 5) is 1.95. The summed E-state index contributed by atoms with van der Waals surface area (Å²) in [6.07, 6.45) is 3.74. The van der Waals surface area contributed by atoms with Gasteiger partial charge in [0.2, 0.25) is 0 Å². The lowest BCUT2D eigenvalue weighted by Gasteiger charge is -2.22. The lowest BCUT2D eigenvalue weighted by molar-refractivity contribution is 1.17. The van der Waals surface area contributed by atoms with Gasteiger partial charge in [-0.3, -0.25) is 0 Å². The zero-order valence-electron chi connectivity index (χ0n) is 8.74. The summed E-state index contributed by atoms with van der Waals surface area (Å²) in [5.41, 5.74) is 0.925. The minimum atomic E-state index is 0.525. The fourth-order valence-electron chi connectivity index (χ4n) is 1.18. The first kappa shape index (κ1) is 13.8. The molecule has 0 aliphatic heterocycles. The first-order valence-corrected chi connectivity index (χ1v) is 6.90. The third-order valence-corrected chi connectivity index (χ3v) is 3.95. The topological polar surface area (TPSA) is 3.24 Å². The van der Waals surface area contributed by atoms with E-state index >= 15 is 0 Å². The standard InChI is InChI=1S/C11H11Cl2NS2/c1-3-6-14(11(15)16-2)8-4-5-9(12)10(13)7-8/h3-5,7H,1,6H2,2H3. The Bertz CT molecular complexity index is 407. The van der Waals surface area contributed by atoms with E-state index in [-0.39, 0.29) is 0 Å². The molecule has 0 radical (unpaired) electrons. The average Bonchev–Trinajstić information content (AvgIpc) is 2.29. The van der Waals surface area contributed by atoms with Gasteiger partial charge in [-0.25, -0.2) is 0 Å². The minimum Gasteiger partial charge on any atom is -0.323 e. The second-order valence-electron chi connectivity index (χ2n) is 2.97. The van der Waals surface area contributed by atoms with Crippen molar-refractivity contribution in [2.75, 3.05) is 17.7 Å². The fourth-order valence-corrected chi connectivity index (χ4v) is 2.05. The molecule has 0 saturated carbocycles. The van der Waals surface area contributed by atoms with E-state index in [2.05, 4.69) is 6.58 Å². The predicted molar refractivity (Wildman–Crippen MR) is 80.1 cm³/mol. The largest absolute Gasteiger partial charge is 0.323 e. The first-order chi connectivity index (χ1) is 7.60. The molecule has 0 amide bonds. The van der Waals surface area contributed by atoms with E-state index in [0.29, 0.717) is 16.6 Å². The third kappa shape index (κ3) is 3.39. The Morgan fingerprint density at radius 3 is 2.69 bits per heavy atom. The van der Waals surface area contributed by atoms with Crippen LogP contribution in [0.4, 0.5) is 5.69 Å². The lowest BCUT2D eigenvalue weighted by Crippen LogP contribution is -2.26. The molecule has 1 aromatic carbocycles. The number of thiocarbonyl (C=S) groups is 1. The first-order valence-electron chi connectivity index (χ1n) is 4.51. The summed E-state index contributed by atoms with van der Waals surface area (Å²) in [6.45, 7) is 4.36. The number of anilines is 1. The second-order valence-corrected chi connectivity index (χ2v) is 5.22. The van der Waals surface area contributed by atoms with Gasteiger partial charge < -0.3 is 4.90 Å². The highest BCUT2D eigenvalue weighted by atomic mass is 35.5. The number of halogens is 2. The minimum absolute atomic E-state index is 0.525. The van der Waals surface area contributed by atoms with Crippen LogP contribution in [0, 0.1) is 0 Å². The number of rotatable bonds is 3. The van der Waals surface area contributed by atoms with Crippen LogP contribution >= 0.6 is 47.2 Å². The van der Waals surface area contributed by atoms with Gasteiger partial charge in [0, 0.05) is 12.2 Å². The summed E-state index contributed by atoms with van der Waals surface area (Å²) in [7, 11) is 0. The Hall–Kier alpha value is -0.220. The average molecular weight is 292 g/mol. The highest BCUT2D eigenvalue weighted by Gasteiger charge is 2.11. The molecule has 0 heterocycles. The Morgan fingerprint density at radius 2 is 2.19 bits per heavy atom. The van der Waals surface area contributed by atoms with E-state index in [0.717, 1.165) is 10.0 Å². The molecular weight excluding hydrogens is 281 g/mol. The Labute approximate surface area is 115 Å². The number of hydrogen-bond acceptors (Lipinski definition) is 2. The van der Waals surface area contributed by atoms with E-state index in [9.17, 15) is 0 Å². The molecule has 0 fully saturated rings. The van der Waals surface area contributed by atoms with Gasteiger partial charge in [0.1, 0.15) is 4.32 Å². The fraction of sp³-hybridized carbons (Fsp3) is 0.182. The van der Waals surface area contributed by atoms with E-state index in [4.69, 9.17) is 35.4 Å². The molecule has 1 rings (SSSR count). The molecule has 1 nitrogen and oxygen atoms in total. The van der Waals surface area contributed by atoms with E-state index in [1.807, 2.05) is 17.2 Å². The zero-order valence-corrected chi connectivity index (χ0v) is 11.9. The van der Waals surface area contributed by atoms with Crippen molar-refractivity contribution < 1.29 is 0 Å². The van der Waals surface area contributed by atoms with Crippen LogP contribution in [0.1, 0.15) is 0 Å². The maximum Gasteiger partial charge on any atom is 0.140 e. The van der Waals surface area contributed by atoms with Gasteiger partial charge in [-0.2, -0.15) is 0 Å². The van der Waals surface area contributed by atoms with Gasteiger partial charge in [-0.15, -0.1) is 18.3 Å². The molecule has 0 atom stereocenters. The van der Waals surface area contributed by atoms with Gasteiger partial charge >= 0.3 is 0 Å². The van der Waals surface area contributed by atoms with Crippen LogP contribution in [-0.2, 0) is 0 Å². The smallest absolute Gasteiger partial charge is 0.140 e. The van der Waals surface area contributed by atoms with Gasteiger partial charge in [-0.05, 0) is 24.5 Å². The monoisotopic (exact) mass is 291 g/mol. The molecule has 0 unspecified atom stereocenters. The lowest BCUT2D eigenvalue weighted by atomic mass is 10.3. The normalized spacial score (nSPS) is 9.94. The van der Waals surface area contributed by atoms with Crippen molar-refractivity contribution in [2.45, 2.75) is 0 Å². The molecule has 0 saturated heterocycles. The van der Waals surface area contributed by atoms with Crippen LogP contribution in [0.2, 0.25) is 10.0 Å². The molecule has 0 aromatic heterocycles. The summed E-state index contributed by atoms with van der Waals surface area (Å²) < 4.78 is 0.776. The Balaban J connectivity index is 3.05. The molecule has 0 aliphatic rings.